The third kappa shape index (κ3) is 6.66. The molecule has 19 heavy (non-hydrogen) atoms. The van der Waals surface area contributed by atoms with Crippen LogP contribution in [-0.2, 0) is 6.42 Å². The normalized spacial score (nSPS) is 12.4. The molecule has 1 atom stereocenters. The summed E-state index contributed by atoms with van der Waals surface area (Å²) in [7, 11) is 0. The first-order valence-electron chi connectivity index (χ1n) is 8.15. The van der Waals surface area contributed by atoms with Crippen molar-refractivity contribution >= 4 is 5.69 Å². The molecule has 0 aliphatic heterocycles. The average Bonchev–Trinajstić information content (AvgIpc) is 2.45. The van der Waals surface area contributed by atoms with Gasteiger partial charge in [0.05, 0.1) is 0 Å². The zero-order valence-electron chi connectivity index (χ0n) is 13.0. The molecular formula is C18H31N. The quantitative estimate of drug-likeness (QED) is 0.525. The first-order valence-corrected chi connectivity index (χ1v) is 8.15. The van der Waals surface area contributed by atoms with Crippen LogP contribution in [0.1, 0.15) is 71.3 Å². The fourth-order valence-electron chi connectivity index (χ4n) is 2.41. The number of rotatable bonds is 10. The van der Waals surface area contributed by atoms with Gasteiger partial charge in [0.2, 0.25) is 0 Å². The van der Waals surface area contributed by atoms with Crippen molar-refractivity contribution in [1.82, 2.24) is 0 Å². The Hall–Kier alpha value is -0.980. The minimum Gasteiger partial charge on any atom is -0.382 e. The molecule has 0 heterocycles. The van der Waals surface area contributed by atoms with Crippen LogP contribution in [0.25, 0.3) is 0 Å². The topological polar surface area (TPSA) is 12.0 Å². The predicted molar refractivity (Wildman–Crippen MR) is 86.9 cm³/mol. The molecule has 0 saturated carbocycles. The van der Waals surface area contributed by atoms with Crippen molar-refractivity contribution in [1.29, 1.82) is 0 Å². The first-order chi connectivity index (χ1) is 9.30. The van der Waals surface area contributed by atoms with Crippen LogP contribution in [-0.4, -0.2) is 6.04 Å². The molecule has 1 rings (SSSR count). The Morgan fingerprint density at radius 1 is 0.895 bits per heavy atom. The second-order valence-electron chi connectivity index (χ2n) is 5.55. The molecule has 1 N–H and O–H groups in total. The van der Waals surface area contributed by atoms with Crippen LogP contribution >= 0.6 is 0 Å². The highest BCUT2D eigenvalue weighted by atomic mass is 14.9. The van der Waals surface area contributed by atoms with Crippen LogP contribution in [0.5, 0.6) is 0 Å². The summed E-state index contributed by atoms with van der Waals surface area (Å²) in [6, 6.07) is 9.69. The van der Waals surface area contributed by atoms with Crippen LogP contribution in [0, 0.1) is 0 Å². The molecule has 0 radical (unpaired) electrons. The predicted octanol–water partition coefficient (Wildman–Crippen LogP) is 5.80. The summed E-state index contributed by atoms with van der Waals surface area (Å²) < 4.78 is 0. The number of nitrogens with one attached hydrogen (secondary N) is 1. The maximum atomic E-state index is 3.66. The molecule has 0 aliphatic rings. The van der Waals surface area contributed by atoms with Gasteiger partial charge in [-0.1, -0.05) is 58.6 Å². The zero-order chi connectivity index (χ0) is 13.9. The lowest BCUT2D eigenvalue weighted by Gasteiger charge is -2.18. The van der Waals surface area contributed by atoms with E-state index in [4.69, 9.17) is 0 Å². The van der Waals surface area contributed by atoms with Crippen molar-refractivity contribution < 1.29 is 0 Å². The maximum Gasteiger partial charge on any atom is 0.0342 e. The van der Waals surface area contributed by atoms with E-state index >= 15 is 0 Å². The third-order valence-electron chi connectivity index (χ3n) is 3.79. The second-order valence-corrected chi connectivity index (χ2v) is 5.55. The lowest BCUT2D eigenvalue weighted by molar-refractivity contribution is 0.593. The van der Waals surface area contributed by atoms with Crippen LogP contribution in [0.2, 0.25) is 0 Å². The fourth-order valence-corrected chi connectivity index (χ4v) is 2.41. The molecule has 0 saturated heterocycles. The number of aryl methyl sites for hydroxylation is 1. The summed E-state index contributed by atoms with van der Waals surface area (Å²) in [5, 5.41) is 3.66. The molecule has 0 fully saturated rings. The Morgan fingerprint density at radius 3 is 2.16 bits per heavy atom. The van der Waals surface area contributed by atoms with Gasteiger partial charge >= 0.3 is 0 Å². The minimum absolute atomic E-state index is 0.630. The third-order valence-corrected chi connectivity index (χ3v) is 3.79. The number of unbranched alkanes of at least 4 members (excludes halogenated alkanes) is 3. The van der Waals surface area contributed by atoms with E-state index in [1.54, 1.807) is 0 Å². The fraction of sp³-hybridized carbons (Fsp3) is 0.667. The van der Waals surface area contributed by atoms with Gasteiger partial charge < -0.3 is 5.32 Å². The standard InChI is InChI=1S/C18H31N/c1-4-7-9-10-16-12-14-18(15-13-16)19-17(6-3)11-8-5-2/h12-15,17,19H,4-11H2,1-3H3. The van der Waals surface area contributed by atoms with Crippen LogP contribution in [0.15, 0.2) is 24.3 Å². The Morgan fingerprint density at radius 2 is 1.58 bits per heavy atom. The summed E-state index contributed by atoms with van der Waals surface area (Å²) >= 11 is 0. The zero-order valence-corrected chi connectivity index (χ0v) is 13.0. The first kappa shape index (κ1) is 16.1. The van der Waals surface area contributed by atoms with E-state index in [-0.39, 0.29) is 0 Å². The van der Waals surface area contributed by atoms with Gasteiger partial charge in [-0.15, -0.1) is 0 Å². The molecule has 1 unspecified atom stereocenters. The molecular weight excluding hydrogens is 230 g/mol. The van der Waals surface area contributed by atoms with Gasteiger partial charge in [-0.3, -0.25) is 0 Å². The average molecular weight is 261 g/mol. The molecule has 0 aliphatic carbocycles. The van der Waals surface area contributed by atoms with Gasteiger partial charge in [0.1, 0.15) is 0 Å². The van der Waals surface area contributed by atoms with Gasteiger partial charge in [0, 0.05) is 11.7 Å². The van der Waals surface area contributed by atoms with Crippen molar-refractivity contribution in [2.24, 2.45) is 0 Å². The minimum atomic E-state index is 0.630. The number of hydrogen-bond donors (Lipinski definition) is 1. The van der Waals surface area contributed by atoms with E-state index in [2.05, 4.69) is 50.4 Å². The molecule has 1 heteroatoms. The highest BCUT2D eigenvalue weighted by Crippen LogP contribution is 2.16. The lowest BCUT2D eigenvalue weighted by Crippen LogP contribution is -2.18. The number of anilines is 1. The molecule has 1 aromatic carbocycles. The van der Waals surface area contributed by atoms with Crippen molar-refractivity contribution in [3.05, 3.63) is 29.8 Å². The maximum absolute atomic E-state index is 3.66. The highest BCUT2D eigenvalue weighted by Gasteiger charge is 2.05. The number of benzene rings is 1. The Labute approximate surface area is 119 Å². The number of hydrogen-bond acceptors (Lipinski definition) is 1. The van der Waals surface area contributed by atoms with Gasteiger partial charge in [-0.25, -0.2) is 0 Å². The van der Waals surface area contributed by atoms with Crippen LogP contribution in [0.4, 0.5) is 5.69 Å². The van der Waals surface area contributed by atoms with Gasteiger partial charge in [-0.2, -0.15) is 0 Å². The van der Waals surface area contributed by atoms with E-state index in [1.165, 1.54) is 62.6 Å². The van der Waals surface area contributed by atoms with Gasteiger partial charge in [0.25, 0.3) is 0 Å². The van der Waals surface area contributed by atoms with Crippen molar-refractivity contribution in [3.8, 4) is 0 Å². The molecule has 0 spiro atoms. The van der Waals surface area contributed by atoms with Crippen molar-refractivity contribution in [2.75, 3.05) is 5.32 Å². The molecule has 1 aromatic rings. The molecule has 0 bridgehead atoms. The smallest absolute Gasteiger partial charge is 0.0342 e. The van der Waals surface area contributed by atoms with Crippen molar-refractivity contribution in [2.45, 2.75) is 78.2 Å². The molecule has 0 aromatic heterocycles. The van der Waals surface area contributed by atoms with Gasteiger partial charge in [-0.05, 0) is 43.4 Å². The SMILES string of the molecule is CCCCCc1ccc(NC(CC)CCCC)cc1. The van der Waals surface area contributed by atoms with Crippen LogP contribution < -0.4 is 5.32 Å². The van der Waals surface area contributed by atoms with Crippen LogP contribution in [0.3, 0.4) is 0 Å². The monoisotopic (exact) mass is 261 g/mol. The summed E-state index contributed by atoms with van der Waals surface area (Å²) in [5.74, 6) is 0. The Balaban J connectivity index is 2.41. The van der Waals surface area contributed by atoms with E-state index in [0.717, 1.165) is 0 Å². The summed E-state index contributed by atoms with van der Waals surface area (Å²) in [5.41, 5.74) is 2.75. The van der Waals surface area contributed by atoms with E-state index < -0.39 is 0 Å². The molecule has 0 amide bonds. The highest BCUT2D eigenvalue weighted by molar-refractivity contribution is 5.45. The summed E-state index contributed by atoms with van der Waals surface area (Å²) in [4.78, 5) is 0. The largest absolute Gasteiger partial charge is 0.382 e. The second kappa shape index (κ2) is 9.89. The molecule has 108 valence electrons. The van der Waals surface area contributed by atoms with E-state index in [0.29, 0.717) is 6.04 Å². The Bertz CT molecular complexity index is 315. The lowest BCUT2D eigenvalue weighted by atomic mass is 10.1. The van der Waals surface area contributed by atoms with Gasteiger partial charge in [0.15, 0.2) is 0 Å². The summed E-state index contributed by atoms with van der Waals surface area (Å²) in [6.07, 6.45) is 10.3. The van der Waals surface area contributed by atoms with Crippen molar-refractivity contribution in [3.63, 3.8) is 0 Å². The van der Waals surface area contributed by atoms with E-state index in [9.17, 15) is 0 Å². The van der Waals surface area contributed by atoms with E-state index in [1.807, 2.05) is 0 Å². The Kier molecular flexibility index (Phi) is 8.36. The summed E-state index contributed by atoms with van der Waals surface area (Å²) in [6.45, 7) is 6.79. The molecule has 1 nitrogen and oxygen atoms in total.